The van der Waals surface area contributed by atoms with Crippen LogP contribution in [0.4, 0.5) is 0 Å². The number of fused-ring (bicyclic) bond motifs is 6. The molecule has 0 aromatic carbocycles. The summed E-state index contributed by atoms with van der Waals surface area (Å²) in [7, 11) is 0. The van der Waals surface area contributed by atoms with E-state index >= 15 is 4.79 Å². The van der Waals surface area contributed by atoms with E-state index in [-0.39, 0.29) is 81.7 Å². The minimum atomic E-state index is -1.90. The molecule has 7 aliphatic rings. The Morgan fingerprint density at radius 1 is 0.721 bits per heavy atom. The highest BCUT2D eigenvalue weighted by Gasteiger charge is 2.72. The lowest BCUT2D eigenvalue weighted by Gasteiger charge is -2.62. The standard InChI is InChI=1S/C59H76O9/c1-32(50-40(61)30-44-55(10)24-21-46(62)53(6,7)42(55)19-23-57(44,50)12)15-14-16-33(2)51(65)49-37(27-35(4)41-18-17-34(3)52(66)68-41)28-38(29-39(49)36(5)60)59(67)48(64)31-45-56(11)25-22-47(63)54(8,9)43(56)20-26-58(45,59)13/h14-18,27-28,37,39,42-45,49,67H,19-26,29-31H2,1-13H3/b15-14-,33-16+,35-27+,50-32-/t37-,39+,42-,43+,44+,45+,49-,55+,56+,57+,58+,59+/m1/s1. The van der Waals surface area contributed by atoms with Crippen LogP contribution in [-0.4, -0.2) is 45.4 Å². The molecule has 9 nitrogen and oxygen atoms in total. The van der Waals surface area contributed by atoms with Crippen LogP contribution in [0, 0.1) is 80.8 Å². The topological polar surface area (TPSA) is 153 Å². The minimum absolute atomic E-state index is 0.0325. The normalized spacial score (nSPS) is 40.9. The molecule has 12 atom stereocenters. The van der Waals surface area contributed by atoms with E-state index in [0.717, 1.165) is 30.4 Å². The second-order valence-corrected chi connectivity index (χ2v) is 24.9. The zero-order valence-electron chi connectivity index (χ0n) is 43.1. The van der Waals surface area contributed by atoms with Gasteiger partial charge in [0.25, 0.3) is 0 Å². The molecule has 366 valence electrons. The Kier molecular flexibility index (Phi) is 12.2. The van der Waals surface area contributed by atoms with Gasteiger partial charge in [0.15, 0.2) is 17.3 Å². The number of aryl methyl sites for hydroxylation is 1. The molecule has 1 aromatic rings. The van der Waals surface area contributed by atoms with Crippen LogP contribution in [0.15, 0.2) is 74.0 Å². The molecule has 1 aromatic heterocycles. The third-order valence-electron chi connectivity index (χ3n) is 20.7. The fourth-order valence-corrected chi connectivity index (χ4v) is 16.9. The van der Waals surface area contributed by atoms with E-state index in [1.807, 2.05) is 52.0 Å². The smallest absolute Gasteiger partial charge is 0.339 e. The Morgan fingerprint density at radius 2 is 1.31 bits per heavy atom. The van der Waals surface area contributed by atoms with Crippen LogP contribution in [0.25, 0.3) is 5.57 Å². The van der Waals surface area contributed by atoms with Gasteiger partial charge in [-0.2, -0.15) is 0 Å². The molecule has 8 rings (SSSR count). The van der Waals surface area contributed by atoms with Crippen LogP contribution in [0.1, 0.15) is 165 Å². The lowest BCUT2D eigenvalue weighted by Crippen LogP contribution is -2.61. The molecular weight excluding hydrogens is 853 g/mol. The first-order chi connectivity index (χ1) is 31.5. The van der Waals surface area contributed by atoms with E-state index in [1.165, 1.54) is 6.92 Å². The summed E-state index contributed by atoms with van der Waals surface area (Å²) in [6, 6.07) is 3.39. The Labute approximate surface area is 403 Å². The SMILES string of the molecule is CC(=O)[C@@H]1CC([C@]2(O)C(=O)C[C@H]3[C@@]4(C)CCC(=O)C(C)(C)[C@@H]4CC[C@@]32C)=C[C@@H](/C=C(\C)c2ccc(C)c(=O)o2)[C@H]1C(=O)/C(C)=C/C=C\C(C)=C1\C(=O)C[C@H]2[C@@]3(C)CCC(=O)C(C)(C)[C@H]3CC[C@]12C. The van der Waals surface area contributed by atoms with E-state index in [2.05, 4.69) is 34.6 Å². The second kappa shape index (κ2) is 16.6. The average molecular weight is 929 g/mol. The van der Waals surface area contributed by atoms with Crippen LogP contribution >= 0.6 is 0 Å². The summed E-state index contributed by atoms with van der Waals surface area (Å²) in [5, 5.41) is 13.2. The zero-order valence-corrected chi connectivity index (χ0v) is 43.1. The molecule has 0 amide bonds. The number of allylic oxidation sites excluding steroid dienone is 9. The monoisotopic (exact) mass is 929 g/mol. The minimum Gasteiger partial charge on any atom is -0.423 e. The quantitative estimate of drug-likeness (QED) is 0.152. The van der Waals surface area contributed by atoms with Crippen LogP contribution in [-0.2, 0) is 28.8 Å². The lowest BCUT2D eigenvalue weighted by atomic mass is 9.42. The Morgan fingerprint density at radius 3 is 1.90 bits per heavy atom. The summed E-state index contributed by atoms with van der Waals surface area (Å²) in [5.41, 5.74) is -1.47. The van der Waals surface area contributed by atoms with Gasteiger partial charge in [-0.3, -0.25) is 28.8 Å². The summed E-state index contributed by atoms with van der Waals surface area (Å²) in [6.07, 6.45) is 15.2. The number of Topliss-reactive ketones (excluding diaryl/α,β-unsaturated/α-hetero) is 6. The van der Waals surface area contributed by atoms with Gasteiger partial charge in [0.1, 0.15) is 28.7 Å². The van der Waals surface area contributed by atoms with E-state index in [1.54, 1.807) is 39.0 Å². The summed E-state index contributed by atoms with van der Waals surface area (Å²) < 4.78 is 5.69. The number of ketones is 6. The molecule has 0 aliphatic heterocycles. The van der Waals surface area contributed by atoms with Gasteiger partial charge in [-0.25, -0.2) is 4.79 Å². The largest absolute Gasteiger partial charge is 0.423 e. The molecule has 9 heteroatoms. The highest BCUT2D eigenvalue weighted by Crippen LogP contribution is 2.72. The second-order valence-electron chi connectivity index (χ2n) is 24.9. The molecule has 1 heterocycles. The maximum atomic E-state index is 15.0. The van der Waals surface area contributed by atoms with Crippen molar-refractivity contribution in [3.05, 3.63) is 86.5 Å². The van der Waals surface area contributed by atoms with Gasteiger partial charge in [0.05, 0.1) is 0 Å². The first-order valence-electron chi connectivity index (χ1n) is 25.5. The summed E-state index contributed by atoms with van der Waals surface area (Å²) in [5.74, 6) is -2.05. The third-order valence-corrected chi connectivity index (χ3v) is 20.7. The highest BCUT2D eigenvalue weighted by molar-refractivity contribution is 6.02. The van der Waals surface area contributed by atoms with Crippen molar-refractivity contribution >= 4 is 40.3 Å². The van der Waals surface area contributed by atoms with Gasteiger partial charge in [-0.05, 0) is 148 Å². The molecular formula is C59H76O9. The van der Waals surface area contributed by atoms with Crippen LogP contribution in [0.2, 0.25) is 0 Å². The predicted octanol–water partition coefficient (Wildman–Crippen LogP) is 11.0. The molecule has 6 fully saturated rings. The van der Waals surface area contributed by atoms with Crippen LogP contribution < -0.4 is 5.63 Å². The molecule has 0 bridgehead atoms. The maximum absolute atomic E-state index is 15.0. The first kappa shape index (κ1) is 50.0. The predicted molar refractivity (Wildman–Crippen MR) is 263 cm³/mol. The first-order valence-corrected chi connectivity index (χ1v) is 25.5. The van der Waals surface area contributed by atoms with Crippen LogP contribution in [0.3, 0.4) is 0 Å². The van der Waals surface area contributed by atoms with Gasteiger partial charge < -0.3 is 9.52 Å². The van der Waals surface area contributed by atoms with Gasteiger partial charge >= 0.3 is 5.63 Å². The van der Waals surface area contributed by atoms with Crippen molar-refractivity contribution < 1.29 is 38.3 Å². The summed E-state index contributed by atoms with van der Waals surface area (Å²) in [4.78, 5) is 96.8. The van der Waals surface area contributed by atoms with E-state index in [9.17, 15) is 33.9 Å². The highest BCUT2D eigenvalue weighted by atomic mass is 16.4. The van der Waals surface area contributed by atoms with E-state index in [0.29, 0.717) is 72.4 Å². The summed E-state index contributed by atoms with van der Waals surface area (Å²) in [6.45, 7) is 25.6. The molecule has 0 spiro atoms. The molecule has 0 saturated heterocycles. The number of aliphatic hydroxyl groups is 1. The molecule has 6 saturated carbocycles. The van der Waals surface area contributed by atoms with Crippen molar-refractivity contribution in [3.63, 3.8) is 0 Å². The van der Waals surface area contributed by atoms with Gasteiger partial charge in [-0.15, -0.1) is 0 Å². The van der Waals surface area contributed by atoms with Crippen molar-refractivity contribution in [2.75, 3.05) is 0 Å². The van der Waals surface area contributed by atoms with Gasteiger partial charge in [0, 0.05) is 76.2 Å². The number of carbonyl (C=O) groups is 6. The molecule has 0 radical (unpaired) electrons. The molecule has 7 aliphatic carbocycles. The average Bonchev–Trinajstić information content (AvgIpc) is 3.67. The summed E-state index contributed by atoms with van der Waals surface area (Å²) >= 11 is 0. The van der Waals surface area contributed by atoms with Gasteiger partial charge in [-0.1, -0.05) is 85.8 Å². The maximum Gasteiger partial charge on any atom is 0.339 e. The number of carbonyl (C=O) groups excluding carboxylic acids is 6. The number of rotatable bonds is 8. The Hall–Kier alpha value is -4.37. The molecule has 0 unspecified atom stereocenters. The van der Waals surface area contributed by atoms with Crippen molar-refractivity contribution in [3.8, 4) is 0 Å². The van der Waals surface area contributed by atoms with Crippen LogP contribution in [0.5, 0.6) is 0 Å². The molecule has 1 N–H and O–H groups in total. The number of hydrogen-bond donors (Lipinski definition) is 1. The fraction of sp³-hybridized carbons (Fsp3) is 0.644. The molecule has 68 heavy (non-hydrogen) atoms. The number of hydrogen-bond acceptors (Lipinski definition) is 9. The van der Waals surface area contributed by atoms with E-state index in [4.69, 9.17) is 4.42 Å². The van der Waals surface area contributed by atoms with Crippen molar-refractivity contribution in [1.29, 1.82) is 0 Å². The zero-order chi connectivity index (χ0) is 50.1. The lowest BCUT2D eigenvalue weighted by molar-refractivity contribution is -0.172. The third kappa shape index (κ3) is 7.18. The fourth-order valence-electron chi connectivity index (χ4n) is 16.9. The Bertz CT molecular complexity index is 2630. The van der Waals surface area contributed by atoms with E-state index < -0.39 is 45.2 Å². The Balaban J connectivity index is 1.15. The van der Waals surface area contributed by atoms with Gasteiger partial charge in [0.2, 0.25) is 0 Å². The van der Waals surface area contributed by atoms with Crippen molar-refractivity contribution in [2.24, 2.45) is 73.9 Å². The van der Waals surface area contributed by atoms with Crippen molar-refractivity contribution in [2.45, 2.75) is 166 Å². The van der Waals surface area contributed by atoms with Crippen molar-refractivity contribution in [1.82, 2.24) is 0 Å².